The van der Waals surface area contributed by atoms with E-state index in [4.69, 9.17) is 23.7 Å². The summed E-state index contributed by atoms with van der Waals surface area (Å²) in [4.78, 5) is 47.3. The fourth-order valence-electron chi connectivity index (χ4n) is 3.52. The van der Waals surface area contributed by atoms with Gasteiger partial charge >= 0.3 is 23.9 Å². The Morgan fingerprint density at radius 2 is 1.16 bits per heavy atom. The van der Waals surface area contributed by atoms with Crippen LogP contribution in [0.5, 0.6) is 28.7 Å². The third-order valence-corrected chi connectivity index (χ3v) is 5.70. The van der Waals surface area contributed by atoms with Crippen molar-refractivity contribution >= 4 is 30.0 Å². The van der Waals surface area contributed by atoms with E-state index in [-0.39, 0.29) is 23.7 Å². The molecule has 0 saturated carbocycles. The molecule has 0 N–H and O–H groups in total. The van der Waals surface area contributed by atoms with Crippen LogP contribution in [-0.4, -0.2) is 30.5 Å². The van der Waals surface area contributed by atoms with Crippen molar-refractivity contribution in [2.75, 3.05) is 6.61 Å². The minimum Gasteiger partial charge on any atom is -0.490 e. The summed E-state index contributed by atoms with van der Waals surface area (Å²) >= 11 is 0. The molecule has 3 aromatic carbocycles. The zero-order chi connectivity index (χ0) is 32.8. The summed E-state index contributed by atoms with van der Waals surface area (Å²) in [5, 5.41) is 0. The molecular formula is C36H28O9. The molecule has 0 atom stereocenters. The van der Waals surface area contributed by atoms with E-state index in [2.05, 4.69) is 38.2 Å². The summed E-state index contributed by atoms with van der Waals surface area (Å²) in [6, 6.07) is 14.4. The molecule has 0 bridgehead atoms. The van der Waals surface area contributed by atoms with Gasteiger partial charge in [-0.3, -0.25) is 0 Å². The summed E-state index contributed by atoms with van der Waals surface area (Å²) in [6.07, 6.45) is 7.31. The summed E-state index contributed by atoms with van der Waals surface area (Å²) in [5.41, 5.74) is 1.75. The van der Waals surface area contributed by atoms with Gasteiger partial charge in [0.1, 0.15) is 35.4 Å². The SMILES string of the molecule is C=CC(=O)Oc1ccc(C#Cc2cc(OC(=O)C=C)c(/C=C/COc3ccc(OC(=O)C=C)cc3)c(OC(=O)C=C)c2C)cc1. The Balaban J connectivity index is 1.94. The van der Waals surface area contributed by atoms with Gasteiger partial charge in [0.2, 0.25) is 0 Å². The van der Waals surface area contributed by atoms with Crippen molar-refractivity contribution in [2.24, 2.45) is 0 Å². The number of benzene rings is 3. The third kappa shape index (κ3) is 9.84. The van der Waals surface area contributed by atoms with Gasteiger partial charge in [0.05, 0.1) is 5.56 Å². The molecule has 0 radical (unpaired) electrons. The van der Waals surface area contributed by atoms with Crippen molar-refractivity contribution in [3.05, 3.63) is 134 Å². The lowest BCUT2D eigenvalue weighted by atomic mass is 10.0. The monoisotopic (exact) mass is 604 g/mol. The molecule has 0 saturated heterocycles. The second-order valence-electron chi connectivity index (χ2n) is 8.75. The summed E-state index contributed by atoms with van der Waals surface area (Å²) in [6.45, 7) is 15.4. The van der Waals surface area contributed by atoms with Gasteiger partial charge in [-0.05, 0) is 73.7 Å². The number of esters is 4. The summed E-state index contributed by atoms with van der Waals surface area (Å²) in [5.74, 6) is 4.63. The van der Waals surface area contributed by atoms with Crippen LogP contribution in [0.25, 0.3) is 6.08 Å². The lowest BCUT2D eigenvalue weighted by molar-refractivity contribution is -0.130. The van der Waals surface area contributed by atoms with E-state index < -0.39 is 23.9 Å². The van der Waals surface area contributed by atoms with Crippen molar-refractivity contribution in [3.63, 3.8) is 0 Å². The van der Waals surface area contributed by atoms with Crippen LogP contribution in [-0.2, 0) is 19.2 Å². The Labute approximate surface area is 260 Å². The van der Waals surface area contributed by atoms with E-state index in [9.17, 15) is 19.2 Å². The zero-order valence-corrected chi connectivity index (χ0v) is 24.4. The number of hydrogen-bond acceptors (Lipinski definition) is 9. The van der Waals surface area contributed by atoms with Crippen LogP contribution in [0.15, 0.2) is 111 Å². The summed E-state index contributed by atoms with van der Waals surface area (Å²) < 4.78 is 26.9. The molecule has 0 fully saturated rings. The first-order valence-electron chi connectivity index (χ1n) is 13.2. The number of ether oxygens (including phenoxy) is 5. The van der Waals surface area contributed by atoms with Gasteiger partial charge in [-0.2, -0.15) is 0 Å². The average molecular weight is 605 g/mol. The Kier molecular flexibility index (Phi) is 12.0. The Morgan fingerprint density at radius 1 is 0.667 bits per heavy atom. The Bertz CT molecular complexity index is 1730. The van der Waals surface area contributed by atoms with E-state index in [1.807, 2.05) is 0 Å². The highest BCUT2D eigenvalue weighted by Crippen LogP contribution is 2.36. The number of hydrogen-bond donors (Lipinski definition) is 0. The van der Waals surface area contributed by atoms with Gasteiger partial charge in [0.25, 0.3) is 0 Å². The molecule has 0 aromatic heterocycles. The molecule has 3 rings (SSSR count). The predicted molar refractivity (Wildman–Crippen MR) is 168 cm³/mol. The highest BCUT2D eigenvalue weighted by Gasteiger charge is 2.19. The van der Waals surface area contributed by atoms with Gasteiger partial charge < -0.3 is 23.7 Å². The van der Waals surface area contributed by atoms with E-state index in [1.54, 1.807) is 73.7 Å². The van der Waals surface area contributed by atoms with E-state index >= 15 is 0 Å². The summed E-state index contributed by atoms with van der Waals surface area (Å²) in [7, 11) is 0. The largest absolute Gasteiger partial charge is 0.490 e. The molecule has 0 unspecified atom stereocenters. The van der Waals surface area contributed by atoms with Crippen molar-refractivity contribution in [3.8, 4) is 40.6 Å². The average Bonchev–Trinajstić information content (AvgIpc) is 3.05. The van der Waals surface area contributed by atoms with Crippen LogP contribution in [0.1, 0.15) is 22.3 Å². The molecule has 226 valence electrons. The van der Waals surface area contributed by atoms with Crippen LogP contribution in [0.3, 0.4) is 0 Å². The van der Waals surface area contributed by atoms with E-state index in [0.717, 1.165) is 24.3 Å². The standard InChI is InChI=1S/C36H28O9/c1-6-32(37)42-28-16-13-25(14-17-28)12-15-26-23-31(44-34(39)8-3)30(36(24(26)5)45-35(40)9-4)11-10-22-41-27-18-20-29(21-19-27)43-33(38)7-2/h6-11,13-14,16-21,23H,1-4,22H2,5H3/b11-10+. The number of carbonyl (C=O) groups excluding carboxylic acids is 4. The van der Waals surface area contributed by atoms with Gasteiger partial charge in [-0.25, -0.2) is 19.2 Å². The third-order valence-electron chi connectivity index (χ3n) is 5.70. The highest BCUT2D eigenvalue weighted by molar-refractivity contribution is 5.88. The number of rotatable bonds is 12. The van der Waals surface area contributed by atoms with Crippen LogP contribution < -0.4 is 23.7 Å². The van der Waals surface area contributed by atoms with Gasteiger partial charge in [0.15, 0.2) is 0 Å². The maximum absolute atomic E-state index is 12.3. The van der Waals surface area contributed by atoms with E-state index in [0.29, 0.717) is 33.9 Å². The van der Waals surface area contributed by atoms with E-state index in [1.165, 1.54) is 0 Å². The molecule has 0 aliphatic rings. The number of carbonyl (C=O) groups is 4. The van der Waals surface area contributed by atoms with Crippen LogP contribution in [0, 0.1) is 18.8 Å². The second kappa shape index (κ2) is 16.3. The van der Waals surface area contributed by atoms with Crippen LogP contribution >= 0.6 is 0 Å². The molecule has 9 nitrogen and oxygen atoms in total. The van der Waals surface area contributed by atoms with Gasteiger partial charge in [0, 0.05) is 41.0 Å². The second-order valence-corrected chi connectivity index (χ2v) is 8.75. The fourth-order valence-corrected chi connectivity index (χ4v) is 3.52. The first kappa shape index (κ1) is 33.1. The topological polar surface area (TPSA) is 114 Å². The van der Waals surface area contributed by atoms with Crippen molar-refractivity contribution < 1.29 is 42.9 Å². The molecule has 0 amide bonds. The molecule has 0 spiro atoms. The van der Waals surface area contributed by atoms with Crippen LogP contribution in [0.2, 0.25) is 0 Å². The highest BCUT2D eigenvalue weighted by atomic mass is 16.6. The predicted octanol–water partition coefficient (Wildman–Crippen LogP) is 5.85. The Morgan fingerprint density at radius 3 is 1.71 bits per heavy atom. The maximum Gasteiger partial charge on any atom is 0.335 e. The van der Waals surface area contributed by atoms with Gasteiger partial charge in [-0.15, -0.1) is 0 Å². The lowest BCUT2D eigenvalue weighted by Crippen LogP contribution is -2.10. The normalized spacial score (nSPS) is 9.98. The Hall–Kier alpha value is -6.40. The first-order valence-corrected chi connectivity index (χ1v) is 13.2. The molecule has 3 aromatic rings. The lowest BCUT2D eigenvalue weighted by Gasteiger charge is -2.16. The van der Waals surface area contributed by atoms with Crippen molar-refractivity contribution in [1.82, 2.24) is 0 Å². The molecule has 45 heavy (non-hydrogen) atoms. The zero-order valence-electron chi connectivity index (χ0n) is 24.4. The fraction of sp³-hybridized carbons (Fsp3) is 0.0556. The smallest absolute Gasteiger partial charge is 0.335 e. The molecule has 0 aliphatic heterocycles. The molecule has 0 heterocycles. The van der Waals surface area contributed by atoms with Crippen molar-refractivity contribution in [2.45, 2.75) is 6.92 Å². The molecule has 0 aliphatic carbocycles. The maximum atomic E-state index is 12.3. The minimum absolute atomic E-state index is 0.0537. The first-order chi connectivity index (χ1) is 21.7. The quantitative estimate of drug-likeness (QED) is 0.109. The molecular weight excluding hydrogens is 576 g/mol. The minimum atomic E-state index is -0.744. The molecule has 9 heteroatoms. The van der Waals surface area contributed by atoms with Gasteiger partial charge in [-0.1, -0.05) is 38.2 Å². The van der Waals surface area contributed by atoms with Crippen LogP contribution in [0.4, 0.5) is 0 Å². The van der Waals surface area contributed by atoms with Crippen molar-refractivity contribution in [1.29, 1.82) is 0 Å².